The number of hydrogen-bond donors (Lipinski definition) is 0. The van der Waals surface area contributed by atoms with Gasteiger partial charge in [0.15, 0.2) is 0 Å². The van der Waals surface area contributed by atoms with E-state index in [4.69, 9.17) is 6.42 Å². The Hall–Kier alpha value is -0.770. The van der Waals surface area contributed by atoms with E-state index < -0.39 is 0 Å². The SMILES string of the molecule is C#CCCCCC(=O)CC. The number of Topliss-reactive ketones (excluding diaryl/α,β-unsaturated/α-hetero) is 1. The Morgan fingerprint density at radius 3 is 2.70 bits per heavy atom. The summed E-state index contributed by atoms with van der Waals surface area (Å²) in [4.78, 5) is 10.7. The van der Waals surface area contributed by atoms with E-state index in [9.17, 15) is 4.79 Å². The Bertz CT molecular complexity index is 130. The fourth-order valence-corrected chi connectivity index (χ4v) is 0.726. The molecule has 0 aliphatic heterocycles. The average Bonchev–Trinajstić information content (AvgIpc) is 1.98. The van der Waals surface area contributed by atoms with Gasteiger partial charge in [-0.1, -0.05) is 6.92 Å². The van der Waals surface area contributed by atoms with Gasteiger partial charge in [0.1, 0.15) is 5.78 Å². The monoisotopic (exact) mass is 138 g/mol. The topological polar surface area (TPSA) is 17.1 Å². The number of carbonyl (C=O) groups excluding carboxylic acids is 1. The van der Waals surface area contributed by atoms with Gasteiger partial charge >= 0.3 is 0 Å². The first-order valence-corrected chi connectivity index (χ1v) is 3.76. The van der Waals surface area contributed by atoms with Crippen molar-refractivity contribution in [3.63, 3.8) is 0 Å². The van der Waals surface area contributed by atoms with Crippen molar-refractivity contribution in [2.45, 2.75) is 39.0 Å². The lowest BCUT2D eigenvalue weighted by atomic mass is 10.1. The van der Waals surface area contributed by atoms with Gasteiger partial charge in [-0.25, -0.2) is 0 Å². The third-order valence-corrected chi connectivity index (χ3v) is 1.42. The van der Waals surface area contributed by atoms with Crippen LogP contribution in [0.4, 0.5) is 0 Å². The minimum absolute atomic E-state index is 0.344. The molecule has 56 valence electrons. The zero-order valence-electron chi connectivity index (χ0n) is 6.52. The van der Waals surface area contributed by atoms with Crippen molar-refractivity contribution < 1.29 is 4.79 Å². The molecule has 0 aliphatic carbocycles. The predicted octanol–water partition coefficient (Wildman–Crippen LogP) is 2.16. The van der Waals surface area contributed by atoms with Gasteiger partial charge in [-0.05, 0) is 12.8 Å². The van der Waals surface area contributed by atoms with Crippen LogP contribution in [-0.4, -0.2) is 5.78 Å². The van der Waals surface area contributed by atoms with Crippen LogP contribution >= 0.6 is 0 Å². The minimum Gasteiger partial charge on any atom is -0.300 e. The molecule has 0 heterocycles. The van der Waals surface area contributed by atoms with Gasteiger partial charge in [0.2, 0.25) is 0 Å². The maximum Gasteiger partial charge on any atom is 0.132 e. The third-order valence-electron chi connectivity index (χ3n) is 1.42. The third kappa shape index (κ3) is 5.37. The molecule has 0 amide bonds. The van der Waals surface area contributed by atoms with Crippen LogP contribution in [0, 0.1) is 12.3 Å². The van der Waals surface area contributed by atoms with Crippen LogP contribution in [0.2, 0.25) is 0 Å². The average molecular weight is 138 g/mol. The summed E-state index contributed by atoms with van der Waals surface area (Å²) in [6.07, 6.45) is 9.16. The normalized spacial score (nSPS) is 8.80. The summed E-state index contributed by atoms with van der Waals surface area (Å²) in [7, 11) is 0. The van der Waals surface area contributed by atoms with Crippen LogP contribution in [-0.2, 0) is 4.79 Å². The Balaban J connectivity index is 3.05. The minimum atomic E-state index is 0.344. The molecule has 0 fully saturated rings. The van der Waals surface area contributed by atoms with Crippen LogP contribution in [0.15, 0.2) is 0 Å². The number of hydrogen-bond acceptors (Lipinski definition) is 1. The summed E-state index contributed by atoms with van der Waals surface area (Å²) >= 11 is 0. The van der Waals surface area contributed by atoms with E-state index in [2.05, 4.69) is 5.92 Å². The first kappa shape index (κ1) is 9.23. The van der Waals surface area contributed by atoms with Gasteiger partial charge in [-0.2, -0.15) is 0 Å². The summed E-state index contributed by atoms with van der Waals surface area (Å²) in [5.41, 5.74) is 0. The quantitative estimate of drug-likeness (QED) is 0.420. The van der Waals surface area contributed by atoms with Crippen LogP contribution in [0.5, 0.6) is 0 Å². The molecule has 0 aliphatic rings. The van der Waals surface area contributed by atoms with Crippen molar-refractivity contribution in [2.75, 3.05) is 0 Å². The van der Waals surface area contributed by atoms with Crippen molar-refractivity contribution in [2.24, 2.45) is 0 Å². The second kappa shape index (κ2) is 6.35. The molecule has 0 bridgehead atoms. The lowest BCUT2D eigenvalue weighted by Gasteiger charge is -1.93. The highest BCUT2D eigenvalue weighted by atomic mass is 16.1. The summed E-state index contributed by atoms with van der Waals surface area (Å²) in [5, 5.41) is 0. The van der Waals surface area contributed by atoms with Gasteiger partial charge in [-0.15, -0.1) is 12.3 Å². The van der Waals surface area contributed by atoms with Crippen LogP contribution in [0.1, 0.15) is 39.0 Å². The first-order chi connectivity index (χ1) is 4.81. The fraction of sp³-hybridized carbons (Fsp3) is 0.667. The summed E-state index contributed by atoms with van der Waals surface area (Å²) in [6, 6.07) is 0. The molecule has 0 unspecified atom stereocenters. The molecule has 10 heavy (non-hydrogen) atoms. The molecule has 1 nitrogen and oxygen atoms in total. The summed E-state index contributed by atoms with van der Waals surface area (Å²) < 4.78 is 0. The highest BCUT2D eigenvalue weighted by Crippen LogP contribution is 2.00. The highest BCUT2D eigenvalue weighted by molar-refractivity contribution is 5.77. The molecule has 0 spiro atoms. The van der Waals surface area contributed by atoms with Gasteiger partial charge in [0.05, 0.1) is 0 Å². The molecular weight excluding hydrogens is 124 g/mol. The highest BCUT2D eigenvalue weighted by Gasteiger charge is 1.95. The number of carbonyl (C=O) groups is 1. The van der Waals surface area contributed by atoms with Gasteiger partial charge in [-0.3, -0.25) is 4.79 Å². The summed E-state index contributed by atoms with van der Waals surface area (Å²) in [6.45, 7) is 1.89. The number of rotatable bonds is 5. The van der Waals surface area contributed by atoms with Crippen LogP contribution in [0.3, 0.4) is 0 Å². The lowest BCUT2D eigenvalue weighted by Crippen LogP contribution is -1.93. The van der Waals surface area contributed by atoms with E-state index in [1.54, 1.807) is 0 Å². The Labute approximate surface area is 62.8 Å². The van der Waals surface area contributed by atoms with Crippen molar-refractivity contribution in [1.82, 2.24) is 0 Å². The molecular formula is C9H14O. The van der Waals surface area contributed by atoms with Gasteiger partial charge in [0, 0.05) is 19.3 Å². The molecule has 0 atom stereocenters. The number of terminal acetylenes is 1. The molecule has 0 radical (unpaired) electrons. The van der Waals surface area contributed by atoms with Crippen molar-refractivity contribution >= 4 is 5.78 Å². The standard InChI is InChI=1S/C9H14O/c1-3-5-6-7-8-9(10)4-2/h1H,4-8H2,2H3. The van der Waals surface area contributed by atoms with Gasteiger partial charge in [0.25, 0.3) is 0 Å². The maximum atomic E-state index is 10.7. The zero-order valence-corrected chi connectivity index (χ0v) is 6.52. The molecule has 0 aromatic heterocycles. The van der Waals surface area contributed by atoms with E-state index in [1.807, 2.05) is 6.92 Å². The van der Waals surface area contributed by atoms with Crippen molar-refractivity contribution in [1.29, 1.82) is 0 Å². The lowest BCUT2D eigenvalue weighted by molar-refractivity contribution is -0.118. The molecule has 0 rings (SSSR count). The molecule has 0 saturated heterocycles. The summed E-state index contributed by atoms with van der Waals surface area (Å²) in [5.74, 6) is 2.89. The van der Waals surface area contributed by atoms with Crippen molar-refractivity contribution in [3.05, 3.63) is 0 Å². The number of unbranched alkanes of at least 4 members (excludes halogenated alkanes) is 2. The smallest absolute Gasteiger partial charge is 0.132 e. The Kier molecular flexibility index (Phi) is 5.86. The van der Waals surface area contributed by atoms with E-state index in [1.165, 1.54) is 0 Å². The molecule has 0 aromatic carbocycles. The van der Waals surface area contributed by atoms with E-state index in [0.717, 1.165) is 19.3 Å². The zero-order chi connectivity index (χ0) is 7.82. The second-order valence-electron chi connectivity index (χ2n) is 2.30. The molecule has 1 heteroatoms. The van der Waals surface area contributed by atoms with E-state index in [-0.39, 0.29) is 0 Å². The largest absolute Gasteiger partial charge is 0.300 e. The maximum absolute atomic E-state index is 10.7. The van der Waals surface area contributed by atoms with Crippen LogP contribution in [0.25, 0.3) is 0 Å². The first-order valence-electron chi connectivity index (χ1n) is 3.76. The molecule has 0 N–H and O–H groups in total. The van der Waals surface area contributed by atoms with Crippen molar-refractivity contribution in [3.8, 4) is 12.3 Å². The fourth-order valence-electron chi connectivity index (χ4n) is 0.726. The van der Waals surface area contributed by atoms with E-state index in [0.29, 0.717) is 18.6 Å². The van der Waals surface area contributed by atoms with Crippen LogP contribution < -0.4 is 0 Å². The Morgan fingerprint density at radius 2 is 2.20 bits per heavy atom. The predicted molar refractivity (Wildman–Crippen MR) is 42.6 cm³/mol. The van der Waals surface area contributed by atoms with Gasteiger partial charge < -0.3 is 0 Å². The van der Waals surface area contributed by atoms with E-state index >= 15 is 0 Å². The molecule has 0 saturated carbocycles. The molecule has 0 aromatic rings. The second-order valence-corrected chi connectivity index (χ2v) is 2.30. The Morgan fingerprint density at radius 1 is 1.50 bits per heavy atom. The number of ketones is 1.